The first kappa shape index (κ1) is 24.4. The summed E-state index contributed by atoms with van der Waals surface area (Å²) in [7, 11) is 2.20. The van der Waals surface area contributed by atoms with Crippen molar-refractivity contribution in [2.75, 3.05) is 30.4 Å². The quantitative estimate of drug-likeness (QED) is 0.539. The van der Waals surface area contributed by atoms with Gasteiger partial charge < -0.3 is 24.7 Å². The fourth-order valence-electron chi connectivity index (χ4n) is 4.06. The largest absolute Gasteiger partial charge is 0.417 e. The molecule has 9 nitrogen and oxygen atoms in total. The molecule has 35 heavy (non-hydrogen) atoms. The smallest absolute Gasteiger partial charge is 0.349 e. The molecule has 0 spiro atoms. The van der Waals surface area contributed by atoms with Gasteiger partial charge in [0.25, 0.3) is 11.5 Å². The Morgan fingerprint density at radius 3 is 2.71 bits per heavy atom. The summed E-state index contributed by atoms with van der Waals surface area (Å²) in [4.78, 5) is 38.5. The van der Waals surface area contributed by atoms with Crippen molar-refractivity contribution in [2.45, 2.75) is 31.5 Å². The van der Waals surface area contributed by atoms with E-state index in [9.17, 15) is 22.8 Å². The molecule has 1 atom stereocenters. The molecule has 4 rings (SSSR count). The number of aromatic nitrogens is 4. The van der Waals surface area contributed by atoms with Crippen molar-refractivity contribution in [3.05, 3.63) is 46.1 Å². The van der Waals surface area contributed by atoms with Gasteiger partial charge in [0.05, 0.1) is 18.3 Å². The minimum atomic E-state index is -4.76. The number of amides is 2. The van der Waals surface area contributed by atoms with E-state index in [2.05, 4.69) is 15.0 Å². The molecule has 1 saturated heterocycles. The number of aryl methyl sites for hydroxylation is 2. The fourth-order valence-corrected chi connectivity index (χ4v) is 4.06. The second kappa shape index (κ2) is 8.50. The lowest BCUT2D eigenvalue weighted by Crippen LogP contribution is -2.59. The number of rotatable bonds is 3. The van der Waals surface area contributed by atoms with Crippen molar-refractivity contribution in [3.63, 3.8) is 0 Å². The molecule has 0 bridgehead atoms. The van der Waals surface area contributed by atoms with E-state index >= 15 is 8.78 Å². The molecule has 188 valence electrons. The third-order valence-corrected chi connectivity index (χ3v) is 5.98. The highest BCUT2D eigenvalue weighted by Crippen LogP contribution is 2.34. The van der Waals surface area contributed by atoms with Crippen LogP contribution in [0.4, 0.5) is 38.3 Å². The average molecular weight is 499 g/mol. The topological polar surface area (TPSA) is 99.1 Å². The molecule has 0 radical (unpaired) electrons. The van der Waals surface area contributed by atoms with Gasteiger partial charge in [0.15, 0.2) is 5.65 Å². The molecule has 2 amide bonds. The maximum Gasteiger partial charge on any atom is 0.417 e. The zero-order valence-corrected chi connectivity index (χ0v) is 19.0. The predicted molar refractivity (Wildman–Crippen MR) is 118 cm³/mol. The summed E-state index contributed by atoms with van der Waals surface area (Å²) in [6.07, 6.45) is -1.24. The van der Waals surface area contributed by atoms with E-state index in [-0.39, 0.29) is 18.8 Å². The van der Waals surface area contributed by atoms with Crippen molar-refractivity contribution in [2.24, 2.45) is 7.05 Å². The van der Waals surface area contributed by atoms with Gasteiger partial charge >= 0.3 is 12.2 Å². The summed E-state index contributed by atoms with van der Waals surface area (Å²) in [6, 6.07) is -2.20. The average Bonchev–Trinajstić information content (AvgIpc) is 3.15. The second-order valence-electron chi connectivity index (χ2n) is 8.48. The van der Waals surface area contributed by atoms with Crippen LogP contribution in [-0.2, 0) is 13.2 Å². The number of nitrogens with one attached hydrogen (secondary N) is 2. The number of urea groups is 1. The highest BCUT2D eigenvalue weighted by molar-refractivity contribution is 5.89. The first-order valence-electron chi connectivity index (χ1n) is 10.5. The molecule has 14 heteroatoms. The standard InChI is InChI=1S/C21H22F5N7O2/c1-11-7-27-17-16(11)30-15(8-28-17)33-5-4-14(20(22,23)10-33)32(3)19(35)29-13-6-12(21(24,25)26)9-31(2)18(13)34/h6-9,14H,4-5,10H2,1-3H3,(H,27,28)(H,29,35)/t14-/m0/s1. The Bertz CT molecular complexity index is 1330. The van der Waals surface area contributed by atoms with E-state index in [4.69, 9.17) is 0 Å². The van der Waals surface area contributed by atoms with E-state index in [1.807, 2.05) is 12.2 Å². The monoisotopic (exact) mass is 499 g/mol. The number of pyridine rings is 1. The van der Waals surface area contributed by atoms with Gasteiger partial charge in [0, 0.05) is 33.0 Å². The molecule has 0 aliphatic carbocycles. The van der Waals surface area contributed by atoms with Crippen LogP contribution in [0.3, 0.4) is 0 Å². The summed E-state index contributed by atoms with van der Waals surface area (Å²) in [6.45, 7) is 1.19. The summed E-state index contributed by atoms with van der Waals surface area (Å²) in [5.74, 6) is -3.12. The number of nitrogens with zero attached hydrogens (tertiary/aromatic N) is 5. The number of aromatic amines is 1. The van der Waals surface area contributed by atoms with Crippen LogP contribution >= 0.6 is 0 Å². The number of hydrogen-bond acceptors (Lipinski definition) is 5. The molecular formula is C21H22F5N7O2. The molecule has 1 aliphatic rings. The van der Waals surface area contributed by atoms with Gasteiger partial charge in [-0.2, -0.15) is 13.2 Å². The van der Waals surface area contributed by atoms with Crippen molar-refractivity contribution < 1.29 is 26.7 Å². The Balaban J connectivity index is 1.51. The van der Waals surface area contributed by atoms with Crippen LogP contribution in [0.15, 0.2) is 29.5 Å². The normalized spacial score (nSPS) is 18.1. The number of fused-ring (bicyclic) bond motifs is 1. The van der Waals surface area contributed by atoms with Crippen LogP contribution in [-0.4, -0.2) is 62.6 Å². The SMILES string of the molecule is Cc1c[nH]c2ncc(N3CC[C@H](N(C)C(=O)Nc4cc(C(F)(F)F)cn(C)c4=O)C(F)(F)C3)nc12. The van der Waals surface area contributed by atoms with E-state index < -0.39 is 47.5 Å². The van der Waals surface area contributed by atoms with Gasteiger partial charge in [0.2, 0.25) is 0 Å². The minimum Gasteiger partial charge on any atom is -0.349 e. The first-order chi connectivity index (χ1) is 16.3. The van der Waals surface area contributed by atoms with Gasteiger partial charge in [-0.3, -0.25) is 4.79 Å². The minimum absolute atomic E-state index is 0.132. The maximum absolute atomic E-state index is 15.1. The lowest BCUT2D eigenvalue weighted by atomic mass is 9.99. The van der Waals surface area contributed by atoms with Crippen molar-refractivity contribution in [3.8, 4) is 0 Å². The van der Waals surface area contributed by atoms with Gasteiger partial charge in [-0.05, 0) is 25.0 Å². The molecule has 2 N–H and O–H groups in total. The third kappa shape index (κ3) is 4.64. The Morgan fingerprint density at radius 1 is 1.34 bits per heavy atom. The highest BCUT2D eigenvalue weighted by atomic mass is 19.4. The van der Waals surface area contributed by atoms with Crippen LogP contribution < -0.4 is 15.8 Å². The van der Waals surface area contributed by atoms with Gasteiger partial charge in [-0.15, -0.1) is 0 Å². The van der Waals surface area contributed by atoms with E-state index in [0.29, 0.717) is 32.9 Å². The lowest BCUT2D eigenvalue weighted by Gasteiger charge is -2.42. The van der Waals surface area contributed by atoms with Crippen LogP contribution in [0.25, 0.3) is 11.2 Å². The molecule has 0 aromatic carbocycles. The Labute approximate surface area is 195 Å². The summed E-state index contributed by atoms with van der Waals surface area (Å²) in [5.41, 5.74) is -0.821. The number of anilines is 2. The zero-order valence-electron chi connectivity index (χ0n) is 19.0. The summed E-state index contributed by atoms with van der Waals surface area (Å²) in [5, 5.41) is 2.05. The van der Waals surface area contributed by atoms with Crippen molar-refractivity contribution in [1.29, 1.82) is 0 Å². The number of carbonyl (C=O) groups excluding carboxylic acids is 1. The molecule has 1 fully saturated rings. The number of carbonyl (C=O) groups is 1. The predicted octanol–water partition coefficient (Wildman–Crippen LogP) is 3.36. The summed E-state index contributed by atoms with van der Waals surface area (Å²) < 4.78 is 70.1. The summed E-state index contributed by atoms with van der Waals surface area (Å²) >= 11 is 0. The number of H-pyrrole nitrogens is 1. The molecule has 0 saturated carbocycles. The van der Waals surface area contributed by atoms with E-state index in [1.54, 1.807) is 6.20 Å². The van der Waals surface area contributed by atoms with Crippen LogP contribution in [0.2, 0.25) is 0 Å². The Kier molecular flexibility index (Phi) is 5.93. The molecule has 3 aromatic rings. The zero-order chi connectivity index (χ0) is 25.7. The maximum atomic E-state index is 15.1. The number of alkyl halides is 5. The Morgan fingerprint density at radius 2 is 2.06 bits per heavy atom. The van der Waals surface area contributed by atoms with Crippen molar-refractivity contribution >= 4 is 28.7 Å². The molecule has 0 unspecified atom stereocenters. The van der Waals surface area contributed by atoms with Gasteiger partial charge in [-0.25, -0.2) is 23.5 Å². The second-order valence-corrected chi connectivity index (χ2v) is 8.48. The Hall–Kier alpha value is -3.71. The number of hydrogen-bond donors (Lipinski definition) is 2. The number of piperidine rings is 1. The van der Waals surface area contributed by atoms with Crippen LogP contribution in [0.1, 0.15) is 17.5 Å². The van der Waals surface area contributed by atoms with E-state index in [1.165, 1.54) is 11.1 Å². The molecule has 4 heterocycles. The first-order valence-corrected chi connectivity index (χ1v) is 10.5. The molecular weight excluding hydrogens is 477 g/mol. The van der Waals surface area contributed by atoms with Gasteiger partial charge in [-0.1, -0.05) is 0 Å². The third-order valence-electron chi connectivity index (χ3n) is 5.98. The highest BCUT2D eigenvalue weighted by Gasteiger charge is 2.48. The molecule has 3 aromatic heterocycles. The fraction of sp³-hybridized carbons (Fsp3) is 0.429. The van der Waals surface area contributed by atoms with Crippen LogP contribution in [0.5, 0.6) is 0 Å². The lowest BCUT2D eigenvalue weighted by molar-refractivity contribution is -0.138. The number of halogens is 5. The van der Waals surface area contributed by atoms with Gasteiger partial charge in [0.1, 0.15) is 23.1 Å². The molecule has 1 aliphatic heterocycles. The van der Waals surface area contributed by atoms with E-state index in [0.717, 1.165) is 19.7 Å². The van der Waals surface area contributed by atoms with Crippen LogP contribution in [0, 0.1) is 6.92 Å². The van der Waals surface area contributed by atoms with Crippen molar-refractivity contribution in [1.82, 2.24) is 24.4 Å².